The summed E-state index contributed by atoms with van der Waals surface area (Å²) in [6.07, 6.45) is 1.95. The third-order valence-electron chi connectivity index (χ3n) is 3.64. The van der Waals surface area contributed by atoms with E-state index in [4.69, 9.17) is 5.73 Å². The molecule has 0 radical (unpaired) electrons. The number of carbonyl (C=O) groups excluding carboxylic acids is 1. The molecule has 1 fully saturated rings. The highest BCUT2D eigenvalue weighted by molar-refractivity contribution is 5.74. The van der Waals surface area contributed by atoms with Gasteiger partial charge in [-0.1, -0.05) is 13.3 Å². The van der Waals surface area contributed by atoms with Gasteiger partial charge in [0.05, 0.1) is 11.4 Å². The van der Waals surface area contributed by atoms with Gasteiger partial charge in [0.1, 0.15) is 0 Å². The largest absolute Gasteiger partial charge is 0.394 e. The molecule has 2 heterocycles. The van der Waals surface area contributed by atoms with Crippen molar-refractivity contribution in [3.63, 3.8) is 0 Å². The predicted molar refractivity (Wildman–Crippen MR) is 76.1 cm³/mol. The summed E-state index contributed by atoms with van der Waals surface area (Å²) in [6, 6.07) is 0. The lowest BCUT2D eigenvalue weighted by atomic mass is 10.2. The van der Waals surface area contributed by atoms with Crippen molar-refractivity contribution in [1.29, 1.82) is 0 Å². The number of nitrogens with zero attached hydrogens (tertiary/aromatic N) is 4. The molecule has 1 aliphatic heterocycles. The molecule has 0 unspecified atom stereocenters. The number of amides is 1. The summed E-state index contributed by atoms with van der Waals surface area (Å²) in [6.45, 7) is 6.88. The van der Waals surface area contributed by atoms with Gasteiger partial charge in [0.15, 0.2) is 5.82 Å². The van der Waals surface area contributed by atoms with Crippen molar-refractivity contribution in [3.8, 4) is 0 Å². The van der Waals surface area contributed by atoms with Crippen molar-refractivity contribution < 1.29 is 4.79 Å². The average molecular weight is 265 g/mol. The highest BCUT2D eigenvalue weighted by Gasteiger charge is 2.24. The zero-order valence-electron chi connectivity index (χ0n) is 12.0. The average Bonchev–Trinajstić information content (AvgIpc) is 2.65. The van der Waals surface area contributed by atoms with E-state index in [1.165, 1.54) is 0 Å². The number of aryl methyl sites for hydroxylation is 2. The van der Waals surface area contributed by atoms with E-state index < -0.39 is 0 Å². The van der Waals surface area contributed by atoms with Crippen molar-refractivity contribution in [2.45, 2.75) is 26.7 Å². The highest BCUT2D eigenvalue weighted by Crippen LogP contribution is 2.27. The second-order valence-electron chi connectivity index (χ2n) is 5.05. The van der Waals surface area contributed by atoms with Crippen LogP contribution in [0.25, 0.3) is 0 Å². The third-order valence-corrected chi connectivity index (χ3v) is 3.64. The molecule has 6 heteroatoms. The Morgan fingerprint density at radius 1 is 1.32 bits per heavy atom. The van der Waals surface area contributed by atoms with Crippen LogP contribution in [0.3, 0.4) is 0 Å². The second-order valence-corrected chi connectivity index (χ2v) is 5.05. The van der Waals surface area contributed by atoms with Crippen LogP contribution in [0.1, 0.15) is 26.0 Å². The van der Waals surface area contributed by atoms with Crippen molar-refractivity contribution in [2.75, 3.05) is 36.8 Å². The minimum absolute atomic E-state index is 0.143. The Balaban J connectivity index is 2.13. The van der Waals surface area contributed by atoms with Crippen LogP contribution in [0.15, 0.2) is 0 Å². The van der Waals surface area contributed by atoms with E-state index in [-0.39, 0.29) is 5.91 Å². The van der Waals surface area contributed by atoms with Gasteiger partial charge in [-0.15, -0.1) is 0 Å². The molecule has 0 atom stereocenters. The Morgan fingerprint density at radius 2 is 1.95 bits per heavy atom. The fraction of sp³-hybridized carbons (Fsp3) is 0.692. The summed E-state index contributed by atoms with van der Waals surface area (Å²) in [4.78, 5) is 15.4. The van der Waals surface area contributed by atoms with E-state index in [0.29, 0.717) is 0 Å². The number of piperazine rings is 1. The molecule has 106 valence electrons. The third kappa shape index (κ3) is 2.67. The normalized spacial score (nSPS) is 15.9. The Hall–Kier alpha value is -1.72. The molecule has 1 aliphatic rings. The first-order valence-electron chi connectivity index (χ1n) is 6.86. The number of hydrogen-bond acceptors (Lipinski definition) is 4. The molecule has 0 spiro atoms. The first kappa shape index (κ1) is 13.7. The minimum Gasteiger partial charge on any atom is -0.394 e. The molecule has 2 N–H and O–H groups in total. The molecule has 1 aromatic rings. The van der Waals surface area contributed by atoms with Gasteiger partial charge in [-0.05, 0) is 6.42 Å². The second kappa shape index (κ2) is 5.50. The fourth-order valence-corrected chi connectivity index (χ4v) is 2.62. The number of nitrogen functional groups attached to an aromatic ring is 1. The van der Waals surface area contributed by atoms with E-state index >= 15 is 0 Å². The zero-order chi connectivity index (χ0) is 14.0. The number of anilines is 2. The maximum Gasteiger partial charge on any atom is 0.219 e. The van der Waals surface area contributed by atoms with Gasteiger partial charge in [-0.3, -0.25) is 9.48 Å². The first-order chi connectivity index (χ1) is 9.04. The van der Waals surface area contributed by atoms with Crippen LogP contribution < -0.4 is 10.6 Å². The maximum absolute atomic E-state index is 11.3. The van der Waals surface area contributed by atoms with Gasteiger partial charge in [0, 0.05) is 40.2 Å². The minimum atomic E-state index is 0.143. The molecule has 2 rings (SSSR count). The van der Waals surface area contributed by atoms with Gasteiger partial charge in [-0.2, -0.15) is 5.10 Å². The summed E-state index contributed by atoms with van der Waals surface area (Å²) in [5, 5.41) is 4.50. The lowest BCUT2D eigenvalue weighted by Gasteiger charge is -2.35. The lowest BCUT2D eigenvalue weighted by molar-refractivity contribution is -0.129. The number of hydrogen-bond donors (Lipinski definition) is 1. The van der Waals surface area contributed by atoms with E-state index in [2.05, 4.69) is 16.9 Å². The quantitative estimate of drug-likeness (QED) is 0.870. The van der Waals surface area contributed by atoms with Crippen LogP contribution >= 0.6 is 0 Å². The Bertz CT molecular complexity index is 460. The SMILES string of the molecule is CCCc1nn(C)c(N2CCN(C(C)=O)CC2)c1N. The van der Waals surface area contributed by atoms with Crippen LogP contribution in [0.2, 0.25) is 0 Å². The summed E-state index contributed by atoms with van der Waals surface area (Å²) in [7, 11) is 1.93. The van der Waals surface area contributed by atoms with Crippen LogP contribution in [0, 0.1) is 0 Å². The van der Waals surface area contributed by atoms with Gasteiger partial charge in [0.2, 0.25) is 5.91 Å². The predicted octanol–water partition coefficient (Wildman–Crippen LogP) is 0.623. The summed E-state index contributed by atoms with van der Waals surface area (Å²) in [5.41, 5.74) is 7.98. The topological polar surface area (TPSA) is 67.4 Å². The van der Waals surface area contributed by atoms with Crippen molar-refractivity contribution in [3.05, 3.63) is 5.69 Å². The first-order valence-corrected chi connectivity index (χ1v) is 6.86. The van der Waals surface area contributed by atoms with Gasteiger partial charge in [0.25, 0.3) is 0 Å². The molecule has 0 aliphatic carbocycles. The molecule has 1 aromatic heterocycles. The zero-order valence-corrected chi connectivity index (χ0v) is 12.0. The summed E-state index contributed by atoms with van der Waals surface area (Å²) >= 11 is 0. The van der Waals surface area contributed by atoms with E-state index in [1.54, 1.807) is 6.92 Å². The van der Waals surface area contributed by atoms with E-state index in [9.17, 15) is 4.79 Å². The van der Waals surface area contributed by atoms with Crippen molar-refractivity contribution in [1.82, 2.24) is 14.7 Å². The van der Waals surface area contributed by atoms with Crippen LogP contribution in [-0.4, -0.2) is 46.8 Å². The standard InChI is InChI=1S/C13H23N5O/c1-4-5-11-12(14)13(16(3)15-11)18-8-6-17(7-9-18)10(2)19/h4-9,14H2,1-3H3. The van der Waals surface area contributed by atoms with Crippen molar-refractivity contribution >= 4 is 17.4 Å². The molecule has 0 saturated carbocycles. The Morgan fingerprint density at radius 3 is 2.47 bits per heavy atom. The number of aromatic nitrogens is 2. The molecule has 0 bridgehead atoms. The maximum atomic E-state index is 11.3. The molecule has 19 heavy (non-hydrogen) atoms. The van der Waals surface area contributed by atoms with Gasteiger partial charge < -0.3 is 15.5 Å². The number of rotatable bonds is 3. The van der Waals surface area contributed by atoms with Crippen LogP contribution in [0.5, 0.6) is 0 Å². The Kier molecular flexibility index (Phi) is 3.97. The van der Waals surface area contributed by atoms with Gasteiger partial charge in [-0.25, -0.2) is 0 Å². The Labute approximate surface area is 114 Å². The van der Waals surface area contributed by atoms with Crippen molar-refractivity contribution in [2.24, 2.45) is 7.05 Å². The molecule has 0 aromatic carbocycles. The molecule has 1 saturated heterocycles. The number of carbonyl (C=O) groups is 1. The molecule has 6 nitrogen and oxygen atoms in total. The summed E-state index contributed by atoms with van der Waals surface area (Å²) in [5.74, 6) is 1.14. The van der Waals surface area contributed by atoms with E-state index in [1.807, 2.05) is 16.6 Å². The lowest BCUT2D eigenvalue weighted by Crippen LogP contribution is -2.48. The van der Waals surface area contributed by atoms with E-state index in [0.717, 1.165) is 56.2 Å². The number of nitrogens with two attached hydrogens (primary N) is 1. The molecular weight excluding hydrogens is 242 g/mol. The van der Waals surface area contributed by atoms with Crippen LogP contribution in [0.4, 0.5) is 11.5 Å². The monoisotopic (exact) mass is 265 g/mol. The molecule has 1 amide bonds. The molecular formula is C13H23N5O. The summed E-state index contributed by atoms with van der Waals surface area (Å²) < 4.78 is 1.86. The van der Waals surface area contributed by atoms with Crippen LogP contribution in [-0.2, 0) is 18.3 Å². The smallest absolute Gasteiger partial charge is 0.219 e. The highest BCUT2D eigenvalue weighted by atomic mass is 16.2. The fourth-order valence-electron chi connectivity index (χ4n) is 2.62. The van der Waals surface area contributed by atoms with Gasteiger partial charge >= 0.3 is 0 Å².